The average Bonchev–Trinajstić information content (AvgIpc) is 2.48. The molecule has 0 saturated heterocycles. The predicted molar refractivity (Wildman–Crippen MR) is 70.6 cm³/mol. The van der Waals surface area contributed by atoms with Crippen molar-refractivity contribution in [2.45, 2.75) is 36.0 Å². The highest BCUT2D eigenvalue weighted by molar-refractivity contribution is 7.85. The first-order valence-electron chi connectivity index (χ1n) is 5.41. The fourth-order valence-electron chi connectivity index (χ4n) is 1.98. The summed E-state index contributed by atoms with van der Waals surface area (Å²) in [5.41, 5.74) is 0.851. The van der Waals surface area contributed by atoms with Crippen LogP contribution in [0.4, 0.5) is 5.69 Å². The van der Waals surface area contributed by atoms with Gasteiger partial charge in [-0.05, 0) is 24.6 Å². The van der Waals surface area contributed by atoms with Gasteiger partial charge in [0.05, 0.1) is 15.5 Å². The molecular formula is C11H13NO5S2. The van der Waals surface area contributed by atoms with Gasteiger partial charge in [-0.25, -0.2) is 8.42 Å². The summed E-state index contributed by atoms with van der Waals surface area (Å²) in [4.78, 5) is 3.58. The minimum atomic E-state index is -4.47. The van der Waals surface area contributed by atoms with Crippen LogP contribution in [0.15, 0.2) is 26.9 Å². The van der Waals surface area contributed by atoms with Gasteiger partial charge in [0.1, 0.15) is 0 Å². The molecule has 1 aliphatic heterocycles. The van der Waals surface area contributed by atoms with Gasteiger partial charge >= 0.3 is 0 Å². The summed E-state index contributed by atoms with van der Waals surface area (Å²) in [7, 11) is -7.47. The normalized spacial score (nSPS) is 17.4. The van der Waals surface area contributed by atoms with Crippen LogP contribution < -0.4 is 0 Å². The van der Waals surface area contributed by atoms with Crippen LogP contribution in [0.5, 0.6) is 0 Å². The Kier molecular flexibility index (Phi) is 3.07. The average molecular weight is 303 g/mol. The SMILES string of the molecule is CC1=Nc2c([SH](=O)=O)cc(S(=O)(=O)O)cc2C1(C)C. The largest absolute Gasteiger partial charge is 0.294 e. The molecule has 19 heavy (non-hydrogen) atoms. The van der Waals surface area contributed by atoms with E-state index >= 15 is 0 Å². The molecule has 0 atom stereocenters. The van der Waals surface area contributed by atoms with Gasteiger partial charge in [0, 0.05) is 11.1 Å². The van der Waals surface area contributed by atoms with Crippen LogP contribution in [0.1, 0.15) is 26.3 Å². The van der Waals surface area contributed by atoms with Gasteiger partial charge in [-0.15, -0.1) is 0 Å². The molecule has 0 radical (unpaired) electrons. The van der Waals surface area contributed by atoms with Crippen LogP contribution in [0.2, 0.25) is 0 Å². The summed E-state index contributed by atoms with van der Waals surface area (Å²) in [5.74, 6) is 0. The van der Waals surface area contributed by atoms with Gasteiger partial charge in [-0.3, -0.25) is 9.55 Å². The lowest BCUT2D eigenvalue weighted by molar-refractivity contribution is 0.482. The maximum atomic E-state index is 11.2. The first-order chi connectivity index (χ1) is 8.55. The Bertz CT molecular complexity index is 765. The second kappa shape index (κ2) is 4.12. The highest BCUT2D eigenvalue weighted by Gasteiger charge is 2.35. The Morgan fingerprint density at radius 3 is 2.32 bits per heavy atom. The van der Waals surface area contributed by atoms with Crippen molar-refractivity contribution in [2.24, 2.45) is 4.99 Å². The molecule has 2 rings (SSSR count). The summed E-state index contributed by atoms with van der Waals surface area (Å²) in [6.07, 6.45) is 0. The quantitative estimate of drug-likeness (QED) is 0.633. The maximum absolute atomic E-state index is 11.2. The monoisotopic (exact) mass is 303 g/mol. The first kappa shape index (κ1) is 14.2. The van der Waals surface area contributed by atoms with Crippen LogP contribution in [0.25, 0.3) is 0 Å². The van der Waals surface area contributed by atoms with Crippen LogP contribution in [0.3, 0.4) is 0 Å². The lowest BCUT2D eigenvalue weighted by Gasteiger charge is -2.20. The van der Waals surface area contributed by atoms with E-state index in [9.17, 15) is 16.8 Å². The molecule has 1 aromatic rings. The van der Waals surface area contributed by atoms with Gasteiger partial charge in [0.15, 0.2) is 10.7 Å². The third-order valence-electron chi connectivity index (χ3n) is 3.42. The fraction of sp³-hybridized carbons (Fsp3) is 0.364. The Balaban J connectivity index is 2.90. The second-order valence-corrected chi connectivity index (χ2v) is 7.31. The van der Waals surface area contributed by atoms with Crippen molar-refractivity contribution in [3.05, 3.63) is 17.7 Å². The number of thiol groups is 1. The molecule has 1 heterocycles. The molecule has 0 saturated carbocycles. The summed E-state index contributed by atoms with van der Waals surface area (Å²) in [5, 5.41) is 0. The highest BCUT2D eigenvalue weighted by atomic mass is 32.2. The van der Waals surface area contributed by atoms with Crippen molar-refractivity contribution in [2.75, 3.05) is 0 Å². The second-order valence-electron chi connectivity index (χ2n) is 4.89. The molecule has 0 fully saturated rings. The lowest BCUT2D eigenvalue weighted by Crippen LogP contribution is -2.23. The third kappa shape index (κ3) is 2.19. The van der Waals surface area contributed by atoms with Gasteiger partial charge in [-0.2, -0.15) is 8.42 Å². The molecule has 0 bridgehead atoms. The van der Waals surface area contributed by atoms with Crippen molar-refractivity contribution >= 4 is 32.2 Å². The number of benzene rings is 1. The molecule has 0 amide bonds. The zero-order chi connectivity index (χ0) is 14.6. The molecular weight excluding hydrogens is 290 g/mol. The van der Waals surface area contributed by atoms with Crippen LogP contribution in [-0.4, -0.2) is 27.1 Å². The lowest BCUT2D eigenvalue weighted by atomic mass is 9.82. The van der Waals surface area contributed by atoms with E-state index < -0.39 is 31.1 Å². The molecule has 1 aliphatic rings. The Labute approximate surface area is 112 Å². The van der Waals surface area contributed by atoms with E-state index in [1.807, 2.05) is 13.8 Å². The number of aliphatic imine (C=N–C) groups is 1. The minimum Gasteiger partial charge on any atom is -0.282 e. The van der Waals surface area contributed by atoms with E-state index in [-0.39, 0.29) is 10.6 Å². The molecule has 6 nitrogen and oxygen atoms in total. The first-order valence-corrected chi connectivity index (χ1v) is 8.03. The Hall–Kier alpha value is -1.25. The Morgan fingerprint density at radius 2 is 1.84 bits per heavy atom. The van der Waals surface area contributed by atoms with Crippen LogP contribution >= 0.6 is 0 Å². The summed E-state index contributed by atoms with van der Waals surface area (Å²) in [6.45, 7) is 5.37. The van der Waals surface area contributed by atoms with E-state index in [4.69, 9.17) is 4.55 Å². The molecule has 1 N–H and O–H groups in total. The summed E-state index contributed by atoms with van der Waals surface area (Å²) >= 11 is 0. The molecule has 1 aromatic carbocycles. The third-order valence-corrected chi connectivity index (χ3v) is 4.98. The van der Waals surface area contributed by atoms with Gasteiger partial charge < -0.3 is 0 Å². The topological polar surface area (TPSA) is 101 Å². The molecule has 8 heteroatoms. The van der Waals surface area contributed by atoms with Crippen LogP contribution in [0, 0.1) is 0 Å². The Morgan fingerprint density at radius 1 is 1.26 bits per heavy atom. The van der Waals surface area contributed by atoms with Crippen molar-refractivity contribution in [1.82, 2.24) is 0 Å². The number of hydrogen-bond donors (Lipinski definition) is 2. The maximum Gasteiger partial charge on any atom is 0.294 e. The van der Waals surface area contributed by atoms with Crippen molar-refractivity contribution < 1.29 is 21.4 Å². The van der Waals surface area contributed by atoms with E-state index in [1.54, 1.807) is 6.92 Å². The number of rotatable bonds is 2. The minimum absolute atomic E-state index is 0.190. The summed E-state index contributed by atoms with van der Waals surface area (Å²) in [6, 6.07) is 2.20. The van der Waals surface area contributed by atoms with Crippen molar-refractivity contribution in [3.8, 4) is 0 Å². The molecule has 104 valence electrons. The summed E-state index contributed by atoms with van der Waals surface area (Å²) < 4.78 is 54.0. The predicted octanol–water partition coefficient (Wildman–Crippen LogP) is 1.29. The van der Waals surface area contributed by atoms with Gasteiger partial charge in [0.2, 0.25) is 0 Å². The van der Waals surface area contributed by atoms with Crippen molar-refractivity contribution in [1.29, 1.82) is 0 Å². The highest BCUT2D eigenvalue weighted by Crippen LogP contribution is 2.43. The van der Waals surface area contributed by atoms with Crippen LogP contribution in [-0.2, 0) is 26.2 Å². The van der Waals surface area contributed by atoms with Gasteiger partial charge in [-0.1, -0.05) is 13.8 Å². The zero-order valence-corrected chi connectivity index (χ0v) is 12.2. The molecule has 0 unspecified atom stereocenters. The van der Waals surface area contributed by atoms with Crippen molar-refractivity contribution in [3.63, 3.8) is 0 Å². The fourth-order valence-corrected chi connectivity index (χ4v) is 3.19. The molecule has 0 aromatic heterocycles. The zero-order valence-electron chi connectivity index (χ0n) is 10.5. The van der Waals surface area contributed by atoms with E-state index in [1.165, 1.54) is 6.07 Å². The number of fused-ring (bicyclic) bond motifs is 1. The van der Waals surface area contributed by atoms with E-state index in [2.05, 4.69) is 4.99 Å². The standard InChI is InChI=1S/C11H13NO5S2/c1-6-11(2,3)8-4-7(19(15,16)17)5-9(18(13)14)10(8)12-6/h4-5,18H,1-3H3,(H,15,16,17). The number of nitrogens with zero attached hydrogens (tertiary/aromatic N) is 1. The molecule has 0 aliphatic carbocycles. The van der Waals surface area contributed by atoms with E-state index in [0.717, 1.165) is 6.07 Å². The molecule has 0 spiro atoms. The van der Waals surface area contributed by atoms with E-state index in [0.29, 0.717) is 11.3 Å². The van der Waals surface area contributed by atoms with Gasteiger partial charge in [0.25, 0.3) is 10.1 Å². The number of hydrogen-bond acceptors (Lipinski definition) is 5. The smallest absolute Gasteiger partial charge is 0.282 e.